The molecule has 5 nitrogen and oxygen atoms in total. The van der Waals surface area contributed by atoms with E-state index in [4.69, 9.17) is 4.74 Å². The molecule has 2 heterocycles. The van der Waals surface area contributed by atoms with E-state index in [9.17, 15) is 8.78 Å². The van der Waals surface area contributed by atoms with Gasteiger partial charge in [0.1, 0.15) is 23.1 Å². The van der Waals surface area contributed by atoms with Gasteiger partial charge in [-0.3, -0.25) is 0 Å². The largest absolute Gasteiger partial charge is 0.480 e. The molecule has 9 heteroatoms. The standard InChI is InChI=1S/C23H20F2N4OS2/c1-30-23-20(29-32-21-6-4-17(24)12-18(21)25)11-16(13-27-23)14-2-5-19-15(10-14)3-7-22(28-19)26-8-9-31/h2-7,10-13,29,31H,8-9H2,1H3,(H,26,28). The van der Waals surface area contributed by atoms with Crippen molar-refractivity contribution < 1.29 is 13.5 Å². The van der Waals surface area contributed by atoms with Gasteiger partial charge in [0.25, 0.3) is 0 Å². The summed E-state index contributed by atoms with van der Waals surface area (Å²) >= 11 is 5.22. The van der Waals surface area contributed by atoms with Crippen molar-refractivity contribution in [3.8, 4) is 17.0 Å². The van der Waals surface area contributed by atoms with Crippen LogP contribution in [0.15, 0.2) is 65.7 Å². The number of fused-ring (bicyclic) bond motifs is 1. The number of thiol groups is 1. The first-order valence-electron chi connectivity index (χ1n) is 9.75. The first-order valence-corrected chi connectivity index (χ1v) is 11.2. The number of pyridine rings is 2. The molecule has 164 valence electrons. The number of hydrogen-bond acceptors (Lipinski definition) is 7. The maximum absolute atomic E-state index is 14.0. The van der Waals surface area contributed by atoms with Crippen LogP contribution in [-0.4, -0.2) is 29.4 Å². The lowest BCUT2D eigenvalue weighted by atomic mass is 10.0. The van der Waals surface area contributed by atoms with E-state index in [1.54, 1.807) is 6.20 Å². The van der Waals surface area contributed by atoms with Gasteiger partial charge in [-0.2, -0.15) is 12.6 Å². The topological polar surface area (TPSA) is 59.1 Å². The third-order valence-corrected chi connectivity index (χ3v) is 5.75. The minimum absolute atomic E-state index is 0.262. The second kappa shape index (κ2) is 10.1. The van der Waals surface area contributed by atoms with Gasteiger partial charge in [-0.05, 0) is 60.0 Å². The molecule has 2 N–H and O–H groups in total. The van der Waals surface area contributed by atoms with Crippen molar-refractivity contribution in [2.75, 3.05) is 29.4 Å². The number of ether oxygens (including phenoxy) is 1. The molecule has 4 aromatic rings. The van der Waals surface area contributed by atoms with Crippen LogP contribution in [0, 0.1) is 11.6 Å². The lowest BCUT2D eigenvalue weighted by Gasteiger charge is -2.12. The molecule has 0 saturated carbocycles. The number of hydrogen-bond donors (Lipinski definition) is 3. The molecule has 32 heavy (non-hydrogen) atoms. The molecule has 0 radical (unpaired) electrons. The molecule has 0 fully saturated rings. The van der Waals surface area contributed by atoms with Crippen molar-refractivity contribution in [3.05, 3.63) is 72.4 Å². The number of nitrogens with zero attached hydrogens (tertiary/aromatic N) is 2. The molecule has 0 bridgehead atoms. The zero-order chi connectivity index (χ0) is 22.5. The van der Waals surface area contributed by atoms with Crippen LogP contribution in [0.1, 0.15) is 0 Å². The fraction of sp³-hybridized carbons (Fsp3) is 0.130. The van der Waals surface area contributed by atoms with Crippen molar-refractivity contribution in [2.45, 2.75) is 4.90 Å². The predicted octanol–water partition coefficient (Wildman–Crippen LogP) is 6.04. The highest BCUT2D eigenvalue weighted by atomic mass is 32.2. The summed E-state index contributed by atoms with van der Waals surface area (Å²) < 4.78 is 35.5. The molecule has 0 aliphatic carbocycles. The average Bonchev–Trinajstić information content (AvgIpc) is 2.81. The van der Waals surface area contributed by atoms with Crippen molar-refractivity contribution in [1.29, 1.82) is 0 Å². The lowest BCUT2D eigenvalue weighted by Crippen LogP contribution is -2.03. The second-order valence-corrected chi connectivity index (χ2v) is 8.11. The number of methoxy groups -OCH3 is 1. The molecule has 0 spiro atoms. The van der Waals surface area contributed by atoms with Crippen molar-refractivity contribution in [3.63, 3.8) is 0 Å². The Morgan fingerprint density at radius 3 is 2.69 bits per heavy atom. The molecule has 0 aliphatic heterocycles. The fourth-order valence-corrected chi connectivity index (χ4v) is 3.87. The van der Waals surface area contributed by atoms with E-state index in [2.05, 4.69) is 32.6 Å². The van der Waals surface area contributed by atoms with Gasteiger partial charge >= 0.3 is 0 Å². The number of aromatic nitrogens is 2. The molecular formula is C23H20F2N4OS2. The predicted molar refractivity (Wildman–Crippen MR) is 130 cm³/mol. The second-order valence-electron chi connectivity index (χ2n) is 6.81. The number of anilines is 2. The Balaban J connectivity index is 1.60. The van der Waals surface area contributed by atoms with E-state index in [0.717, 1.165) is 58.2 Å². The SMILES string of the molecule is COc1ncc(-c2ccc3nc(NCCS)ccc3c2)cc1NSc1ccc(F)cc1F. The average molecular weight is 471 g/mol. The Bertz CT molecular complexity index is 1260. The highest BCUT2D eigenvalue weighted by Gasteiger charge is 2.11. The summed E-state index contributed by atoms with van der Waals surface area (Å²) in [5.74, 6) is 0.637. The summed E-state index contributed by atoms with van der Waals surface area (Å²) in [5.41, 5.74) is 3.25. The summed E-state index contributed by atoms with van der Waals surface area (Å²) in [6.07, 6.45) is 1.71. The molecular weight excluding hydrogens is 450 g/mol. The Kier molecular flexibility index (Phi) is 6.96. The molecule has 2 aromatic carbocycles. The highest BCUT2D eigenvalue weighted by molar-refractivity contribution is 8.00. The third-order valence-electron chi connectivity index (χ3n) is 4.65. The third kappa shape index (κ3) is 5.05. The zero-order valence-corrected chi connectivity index (χ0v) is 18.8. The van der Waals surface area contributed by atoms with Crippen LogP contribution in [0.5, 0.6) is 5.88 Å². The maximum atomic E-state index is 14.0. The van der Waals surface area contributed by atoms with Crippen molar-refractivity contribution >= 4 is 47.0 Å². The molecule has 0 aliphatic rings. The molecule has 0 saturated heterocycles. The van der Waals surface area contributed by atoms with E-state index in [0.29, 0.717) is 11.6 Å². The van der Waals surface area contributed by atoms with Crippen LogP contribution in [-0.2, 0) is 0 Å². The van der Waals surface area contributed by atoms with Crippen LogP contribution < -0.4 is 14.8 Å². The Morgan fingerprint density at radius 1 is 1.03 bits per heavy atom. The Morgan fingerprint density at radius 2 is 1.91 bits per heavy atom. The first-order chi connectivity index (χ1) is 15.6. The van der Waals surface area contributed by atoms with E-state index < -0.39 is 11.6 Å². The molecule has 4 rings (SSSR count). The number of nitrogens with one attached hydrogen (secondary N) is 2. The van der Waals surface area contributed by atoms with Gasteiger partial charge in [-0.25, -0.2) is 18.7 Å². The number of rotatable bonds is 8. The first kappa shape index (κ1) is 22.2. The van der Waals surface area contributed by atoms with Crippen LogP contribution in [0.3, 0.4) is 0 Å². The minimum atomic E-state index is -0.643. The number of benzene rings is 2. The van der Waals surface area contributed by atoms with Crippen LogP contribution in [0.4, 0.5) is 20.3 Å². The quantitative estimate of drug-likeness (QED) is 0.215. The normalized spacial score (nSPS) is 10.9. The molecule has 0 atom stereocenters. The molecule has 2 aromatic heterocycles. The van der Waals surface area contributed by atoms with E-state index in [-0.39, 0.29) is 4.90 Å². The van der Waals surface area contributed by atoms with Gasteiger partial charge < -0.3 is 14.8 Å². The summed E-state index contributed by atoms with van der Waals surface area (Å²) in [6.45, 7) is 0.743. The molecule has 0 amide bonds. The van der Waals surface area contributed by atoms with E-state index >= 15 is 0 Å². The molecule has 0 unspecified atom stereocenters. The lowest BCUT2D eigenvalue weighted by molar-refractivity contribution is 0.400. The smallest absolute Gasteiger partial charge is 0.237 e. The summed E-state index contributed by atoms with van der Waals surface area (Å²) in [6, 6.07) is 15.2. The fourth-order valence-electron chi connectivity index (χ4n) is 3.10. The Hall–Kier alpha value is -3.04. The van der Waals surface area contributed by atoms with Gasteiger partial charge in [0.15, 0.2) is 0 Å². The monoisotopic (exact) mass is 470 g/mol. The van der Waals surface area contributed by atoms with Gasteiger partial charge in [0.05, 0.1) is 17.5 Å². The minimum Gasteiger partial charge on any atom is -0.480 e. The van der Waals surface area contributed by atoms with Gasteiger partial charge in [-0.1, -0.05) is 6.07 Å². The van der Waals surface area contributed by atoms with Gasteiger partial charge in [-0.15, -0.1) is 0 Å². The summed E-state index contributed by atoms with van der Waals surface area (Å²) in [4.78, 5) is 9.24. The number of halogens is 2. The van der Waals surface area contributed by atoms with Crippen LogP contribution in [0.25, 0.3) is 22.0 Å². The van der Waals surface area contributed by atoms with Crippen molar-refractivity contribution in [2.24, 2.45) is 0 Å². The van der Waals surface area contributed by atoms with E-state index in [1.165, 1.54) is 19.2 Å². The Labute approximate surface area is 194 Å². The summed E-state index contributed by atoms with van der Waals surface area (Å²) in [5, 5.41) is 4.21. The van der Waals surface area contributed by atoms with Gasteiger partial charge in [0, 0.05) is 35.5 Å². The van der Waals surface area contributed by atoms with Crippen molar-refractivity contribution in [1.82, 2.24) is 9.97 Å². The van der Waals surface area contributed by atoms with Crippen LogP contribution >= 0.6 is 24.6 Å². The van der Waals surface area contributed by atoms with E-state index in [1.807, 2.05) is 36.4 Å². The zero-order valence-electron chi connectivity index (χ0n) is 17.1. The van der Waals surface area contributed by atoms with Gasteiger partial charge in [0.2, 0.25) is 5.88 Å². The summed E-state index contributed by atoms with van der Waals surface area (Å²) in [7, 11) is 1.51. The highest BCUT2D eigenvalue weighted by Crippen LogP contribution is 2.33. The van der Waals surface area contributed by atoms with Crippen LogP contribution in [0.2, 0.25) is 0 Å². The maximum Gasteiger partial charge on any atom is 0.237 e.